The minimum atomic E-state index is -0.730. The summed E-state index contributed by atoms with van der Waals surface area (Å²) in [7, 11) is 1.83. The molecule has 4 nitrogen and oxygen atoms in total. The van der Waals surface area contributed by atoms with Crippen molar-refractivity contribution >= 4 is 0 Å². The van der Waals surface area contributed by atoms with Gasteiger partial charge in [0, 0.05) is 18.8 Å². The van der Waals surface area contributed by atoms with Gasteiger partial charge in [-0.3, -0.25) is 4.68 Å². The van der Waals surface area contributed by atoms with E-state index in [1.165, 1.54) is 0 Å². The smallest absolute Gasteiger partial charge is 0.101 e. The Morgan fingerprint density at radius 2 is 1.94 bits per heavy atom. The number of aryl methyl sites for hydroxylation is 2. The van der Waals surface area contributed by atoms with Gasteiger partial charge in [0.15, 0.2) is 0 Å². The van der Waals surface area contributed by atoms with E-state index in [2.05, 4.69) is 5.10 Å². The van der Waals surface area contributed by atoms with E-state index >= 15 is 0 Å². The number of rotatable bonds is 3. The standard InChI is InChI=1S/C13H17N3O/c1-9-11(8-16(2)15-9)13(17)12(14)10-6-4-3-5-7-10/h3-8,12-13,17H,14H2,1-2H3. The lowest BCUT2D eigenvalue weighted by atomic mass is 9.97. The SMILES string of the molecule is Cc1nn(C)cc1C(O)C(N)c1ccccc1. The fourth-order valence-corrected chi connectivity index (χ4v) is 1.96. The molecule has 90 valence electrons. The third kappa shape index (κ3) is 2.38. The average Bonchev–Trinajstić information content (AvgIpc) is 2.68. The van der Waals surface area contributed by atoms with Crippen LogP contribution >= 0.6 is 0 Å². The van der Waals surface area contributed by atoms with Crippen molar-refractivity contribution in [3.8, 4) is 0 Å². The minimum absolute atomic E-state index is 0.431. The molecule has 17 heavy (non-hydrogen) atoms. The molecule has 0 saturated heterocycles. The van der Waals surface area contributed by atoms with Gasteiger partial charge >= 0.3 is 0 Å². The molecule has 1 aromatic heterocycles. The quantitative estimate of drug-likeness (QED) is 0.840. The maximum Gasteiger partial charge on any atom is 0.101 e. The van der Waals surface area contributed by atoms with Crippen LogP contribution in [-0.2, 0) is 7.05 Å². The number of aliphatic hydroxyl groups is 1. The number of aromatic nitrogens is 2. The molecule has 0 amide bonds. The first-order valence-electron chi connectivity index (χ1n) is 5.58. The summed E-state index contributed by atoms with van der Waals surface area (Å²) in [6.07, 6.45) is 1.08. The zero-order valence-corrected chi connectivity index (χ0v) is 10.0. The van der Waals surface area contributed by atoms with Crippen molar-refractivity contribution in [2.75, 3.05) is 0 Å². The molecule has 0 aliphatic rings. The van der Waals surface area contributed by atoms with Gasteiger partial charge in [0.05, 0.1) is 11.7 Å². The van der Waals surface area contributed by atoms with E-state index in [9.17, 15) is 5.11 Å². The lowest BCUT2D eigenvalue weighted by Gasteiger charge is -2.18. The molecule has 0 aliphatic carbocycles. The molecule has 1 heterocycles. The predicted octanol–water partition coefficient (Wildman–Crippen LogP) is 1.46. The lowest BCUT2D eigenvalue weighted by molar-refractivity contribution is 0.146. The number of hydrogen-bond acceptors (Lipinski definition) is 3. The van der Waals surface area contributed by atoms with Crippen LogP contribution in [0.5, 0.6) is 0 Å². The van der Waals surface area contributed by atoms with E-state index in [-0.39, 0.29) is 0 Å². The summed E-state index contributed by atoms with van der Waals surface area (Å²) in [5, 5.41) is 14.5. The number of hydrogen-bond donors (Lipinski definition) is 2. The second-order valence-corrected chi connectivity index (χ2v) is 4.22. The molecule has 0 spiro atoms. The van der Waals surface area contributed by atoms with Crippen molar-refractivity contribution in [2.45, 2.75) is 19.1 Å². The molecule has 1 aromatic carbocycles. The van der Waals surface area contributed by atoms with Gasteiger partial charge in [0.1, 0.15) is 6.10 Å². The van der Waals surface area contributed by atoms with E-state index < -0.39 is 12.1 Å². The van der Waals surface area contributed by atoms with Gasteiger partial charge in [-0.05, 0) is 12.5 Å². The Kier molecular flexibility index (Phi) is 3.26. The second kappa shape index (κ2) is 4.69. The van der Waals surface area contributed by atoms with Crippen LogP contribution in [0.25, 0.3) is 0 Å². The van der Waals surface area contributed by atoms with Crippen LogP contribution in [0.2, 0.25) is 0 Å². The molecular weight excluding hydrogens is 214 g/mol. The first-order valence-corrected chi connectivity index (χ1v) is 5.58. The Balaban J connectivity index is 2.26. The molecule has 4 heteroatoms. The Bertz CT molecular complexity index is 493. The van der Waals surface area contributed by atoms with Gasteiger partial charge in [0.25, 0.3) is 0 Å². The zero-order chi connectivity index (χ0) is 12.4. The highest BCUT2D eigenvalue weighted by Crippen LogP contribution is 2.27. The third-order valence-corrected chi connectivity index (χ3v) is 2.89. The third-order valence-electron chi connectivity index (χ3n) is 2.89. The first-order chi connectivity index (χ1) is 8.09. The summed E-state index contributed by atoms with van der Waals surface area (Å²) < 4.78 is 1.69. The van der Waals surface area contributed by atoms with Crippen LogP contribution in [0.1, 0.15) is 29.0 Å². The molecular formula is C13H17N3O. The lowest BCUT2D eigenvalue weighted by Crippen LogP contribution is -2.19. The molecule has 0 aliphatic heterocycles. The van der Waals surface area contributed by atoms with Gasteiger partial charge in [-0.2, -0.15) is 5.10 Å². The number of nitrogens with zero attached hydrogens (tertiary/aromatic N) is 2. The van der Waals surface area contributed by atoms with Gasteiger partial charge in [-0.1, -0.05) is 30.3 Å². The van der Waals surface area contributed by atoms with Crippen LogP contribution in [0, 0.1) is 6.92 Å². The largest absolute Gasteiger partial charge is 0.386 e. The van der Waals surface area contributed by atoms with Crippen molar-refractivity contribution in [1.29, 1.82) is 0 Å². The highest BCUT2D eigenvalue weighted by molar-refractivity contribution is 5.26. The van der Waals surface area contributed by atoms with E-state index in [0.29, 0.717) is 0 Å². The minimum Gasteiger partial charge on any atom is -0.386 e. The summed E-state index contributed by atoms with van der Waals surface area (Å²) >= 11 is 0. The number of nitrogens with two attached hydrogens (primary N) is 1. The number of aliphatic hydroxyl groups excluding tert-OH is 1. The monoisotopic (exact) mass is 231 g/mol. The molecule has 2 atom stereocenters. The maximum atomic E-state index is 10.3. The second-order valence-electron chi connectivity index (χ2n) is 4.22. The van der Waals surface area contributed by atoms with E-state index in [1.54, 1.807) is 4.68 Å². The van der Waals surface area contributed by atoms with Crippen molar-refractivity contribution in [3.63, 3.8) is 0 Å². The van der Waals surface area contributed by atoms with Crippen LogP contribution in [-0.4, -0.2) is 14.9 Å². The molecule has 2 aromatic rings. The highest BCUT2D eigenvalue weighted by Gasteiger charge is 2.21. The molecule has 0 radical (unpaired) electrons. The first kappa shape index (κ1) is 11.8. The van der Waals surface area contributed by atoms with Crippen molar-refractivity contribution in [3.05, 3.63) is 53.3 Å². The molecule has 0 saturated carbocycles. The van der Waals surface area contributed by atoms with E-state index in [4.69, 9.17) is 5.73 Å². The fourth-order valence-electron chi connectivity index (χ4n) is 1.96. The van der Waals surface area contributed by atoms with Crippen molar-refractivity contribution in [2.24, 2.45) is 12.8 Å². The Morgan fingerprint density at radius 1 is 1.29 bits per heavy atom. The maximum absolute atomic E-state index is 10.3. The highest BCUT2D eigenvalue weighted by atomic mass is 16.3. The van der Waals surface area contributed by atoms with Crippen molar-refractivity contribution in [1.82, 2.24) is 9.78 Å². The molecule has 2 unspecified atom stereocenters. The Labute approximate surface area is 101 Å². The van der Waals surface area contributed by atoms with Crippen molar-refractivity contribution < 1.29 is 5.11 Å². The topological polar surface area (TPSA) is 64.1 Å². The van der Waals surface area contributed by atoms with Gasteiger partial charge in [-0.15, -0.1) is 0 Å². The molecule has 2 rings (SSSR count). The van der Waals surface area contributed by atoms with E-state index in [0.717, 1.165) is 16.8 Å². The van der Waals surface area contributed by atoms with Crippen LogP contribution in [0.4, 0.5) is 0 Å². The van der Waals surface area contributed by atoms with Gasteiger partial charge in [-0.25, -0.2) is 0 Å². The summed E-state index contributed by atoms with van der Waals surface area (Å²) in [6.45, 7) is 1.87. The van der Waals surface area contributed by atoms with Gasteiger partial charge < -0.3 is 10.8 Å². The normalized spacial score (nSPS) is 14.6. The van der Waals surface area contributed by atoms with E-state index in [1.807, 2.05) is 50.5 Å². The summed E-state index contributed by atoms with van der Waals surface area (Å²) in [5.41, 5.74) is 8.57. The molecule has 0 fully saturated rings. The molecule has 3 N–H and O–H groups in total. The predicted molar refractivity (Wildman–Crippen MR) is 66.3 cm³/mol. The van der Waals surface area contributed by atoms with Crippen LogP contribution in [0.3, 0.4) is 0 Å². The zero-order valence-electron chi connectivity index (χ0n) is 10.0. The Hall–Kier alpha value is -1.65. The van der Waals surface area contributed by atoms with Crippen LogP contribution < -0.4 is 5.73 Å². The summed E-state index contributed by atoms with van der Waals surface area (Å²) in [4.78, 5) is 0. The molecule has 0 bridgehead atoms. The van der Waals surface area contributed by atoms with Gasteiger partial charge in [0.2, 0.25) is 0 Å². The Morgan fingerprint density at radius 3 is 2.47 bits per heavy atom. The summed E-state index contributed by atoms with van der Waals surface area (Å²) in [6, 6.07) is 9.16. The number of benzene rings is 1. The van der Waals surface area contributed by atoms with Crippen LogP contribution in [0.15, 0.2) is 36.5 Å². The summed E-state index contributed by atoms with van der Waals surface area (Å²) in [5.74, 6) is 0. The average molecular weight is 231 g/mol. The fraction of sp³-hybridized carbons (Fsp3) is 0.308.